The Labute approximate surface area is 158 Å². The molecule has 0 spiro atoms. The van der Waals surface area contributed by atoms with Crippen LogP contribution in [0, 0.1) is 0 Å². The van der Waals surface area contributed by atoms with Gasteiger partial charge in [0.1, 0.15) is 0 Å². The maximum absolute atomic E-state index is 12.7. The highest BCUT2D eigenvalue weighted by molar-refractivity contribution is 7.91. The van der Waals surface area contributed by atoms with E-state index >= 15 is 0 Å². The molecule has 8 heteroatoms. The number of nitrogens with zero attached hydrogens (tertiary/aromatic N) is 1. The first kappa shape index (κ1) is 19.4. The second-order valence-corrected chi connectivity index (χ2v) is 10.2. The fraction of sp³-hybridized carbons (Fsp3) is 0.667. The highest BCUT2D eigenvalue weighted by Crippen LogP contribution is 2.31. The van der Waals surface area contributed by atoms with Crippen LogP contribution in [0.5, 0.6) is 0 Å². The third-order valence-electron chi connectivity index (χ3n) is 5.19. The van der Waals surface area contributed by atoms with Gasteiger partial charge >= 0.3 is 5.97 Å². The smallest absolute Gasteiger partial charge is 0.340 e. The van der Waals surface area contributed by atoms with E-state index in [-0.39, 0.29) is 23.5 Å². The van der Waals surface area contributed by atoms with Crippen LogP contribution >= 0.6 is 11.3 Å². The minimum Gasteiger partial charge on any atom is -0.449 e. The Hall–Kier alpha value is -1.41. The standard InChI is InChI=1S/C18H25NO5S2/c1-3-19(13-8-9-26(22,23)11-13)17(20)12(2)24-18(21)15-10-25-16-7-5-4-6-14(15)16/h10,12-13H,3-9,11H2,1-2H3/t12-,13-/m1/s1. The van der Waals surface area contributed by atoms with Crippen molar-refractivity contribution in [1.29, 1.82) is 0 Å². The second-order valence-electron chi connectivity index (χ2n) is 6.99. The van der Waals surface area contributed by atoms with Crippen molar-refractivity contribution in [2.24, 2.45) is 0 Å². The fourth-order valence-corrected chi connectivity index (χ4v) is 6.63. The molecule has 2 aliphatic rings. The van der Waals surface area contributed by atoms with Crippen molar-refractivity contribution in [2.45, 2.75) is 58.1 Å². The molecule has 26 heavy (non-hydrogen) atoms. The molecule has 1 aliphatic carbocycles. The molecule has 0 N–H and O–H groups in total. The first-order valence-corrected chi connectivity index (χ1v) is 11.8. The van der Waals surface area contributed by atoms with Crippen molar-refractivity contribution in [3.63, 3.8) is 0 Å². The van der Waals surface area contributed by atoms with E-state index < -0.39 is 21.9 Å². The lowest BCUT2D eigenvalue weighted by Gasteiger charge is -2.29. The Balaban J connectivity index is 1.66. The first-order valence-electron chi connectivity index (χ1n) is 9.13. The number of carbonyl (C=O) groups excluding carboxylic acids is 2. The van der Waals surface area contributed by atoms with E-state index in [0.29, 0.717) is 18.5 Å². The van der Waals surface area contributed by atoms with Gasteiger partial charge < -0.3 is 9.64 Å². The Morgan fingerprint density at radius 2 is 2.08 bits per heavy atom. The van der Waals surface area contributed by atoms with Crippen LogP contribution < -0.4 is 0 Å². The van der Waals surface area contributed by atoms with Crippen molar-refractivity contribution in [2.75, 3.05) is 18.1 Å². The molecule has 0 unspecified atom stereocenters. The third-order valence-corrected chi connectivity index (χ3v) is 8.02. The van der Waals surface area contributed by atoms with Crippen LogP contribution in [0.3, 0.4) is 0 Å². The molecule has 144 valence electrons. The van der Waals surface area contributed by atoms with Crippen LogP contribution in [-0.4, -0.2) is 55.4 Å². The minimum absolute atomic E-state index is 0.00865. The van der Waals surface area contributed by atoms with Gasteiger partial charge in [0.2, 0.25) is 0 Å². The summed E-state index contributed by atoms with van der Waals surface area (Å²) in [5.41, 5.74) is 1.65. The topological polar surface area (TPSA) is 80.8 Å². The number of esters is 1. The molecular weight excluding hydrogens is 374 g/mol. The number of carbonyl (C=O) groups is 2. The van der Waals surface area contributed by atoms with Gasteiger partial charge in [-0.2, -0.15) is 0 Å². The summed E-state index contributed by atoms with van der Waals surface area (Å²) in [5.74, 6) is -0.686. The van der Waals surface area contributed by atoms with Crippen LogP contribution in [0.15, 0.2) is 5.38 Å². The van der Waals surface area contributed by atoms with Gasteiger partial charge in [0.15, 0.2) is 15.9 Å². The largest absolute Gasteiger partial charge is 0.449 e. The molecule has 0 saturated carbocycles. The summed E-state index contributed by atoms with van der Waals surface area (Å²) >= 11 is 1.58. The number of ether oxygens (including phenoxy) is 1. The van der Waals surface area contributed by atoms with Crippen LogP contribution in [0.4, 0.5) is 0 Å². The number of hydrogen-bond acceptors (Lipinski definition) is 6. The summed E-state index contributed by atoms with van der Waals surface area (Å²) in [6, 6.07) is -0.326. The number of fused-ring (bicyclic) bond motifs is 1. The van der Waals surface area contributed by atoms with Gasteiger partial charge in [0.25, 0.3) is 5.91 Å². The molecule has 1 fully saturated rings. The fourth-order valence-electron chi connectivity index (χ4n) is 3.79. The molecule has 0 aromatic carbocycles. The molecule has 6 nitrogen and oxygen atoms in total. The molecular formula is C18H25NO5S2. The number of amides is 1. The molecule has 2 heterocycles. The molecule has 1 aromatic heterocycles. The predicted octanol–water partition coefficient (Wildman–Crippen LogP) is 2.21. The zero-order valence-electron chi connectivity index (χ0n) is 15.2. The van der Waals surface area contributed by atoms with Gasteiger partial charge in [-0.25, -0.2) is 13.2 Å². The Morgan fingerprint density at radius 1 is 1.35 bits per heavy atom. The van der Waals surface area contributed by atoms with Gasteiger partial charge in [0, 0.05) is 22.8 Å². The van der Waals surface area contributed by atoms with E-state index in [1.54, 1.807) is 18.3 Å². The number of sulfone groups is 1. The van der Waals surface area contributed by atoms with Crippen LogP contribution in [0.1, 0.15) is 53.9 Å². The highest BCUT2D eigenvalue weighted by Gasteiger charge is 2.36. The Kier molecular flexibility index (Phi) is 5.72. The van der Waals surface area contributed by atoms with Crippen molar-refractivity contribution in [3.05, 3.63) is 21.4 Å². The van der Waals surface area contributed by atoms with Crippen molar-refractivity contribution in [3.8, 4) is 0 Å². The number of hydrogen-bond donors (Lipinski definition) is 0. The average molecular weight is 400 g/mol. The summed E-state index contributed by atoms with van der Waals surface area (Å²) in [6.45, 7) is 3.77. The monoisotopic (exact) mass is 399 g/mol. The van der Waals surface area contributed by atoms with Gasteiger partial charge in [-0.1, -0.05) is 0 Å². The van der Waals surface area contributed by atoms with E-state index in [1.807, 2.05) is 12.3 Å². The summed E-state index contributed by atoms with van der Waals surface area (Å²) in [4.78, 5) is 28.0. The van der Waals surface area contributed by atoms with Crippen LogP contribution in [0.2, 0.25) is 0 Å². The van der Waals surface area contributed by atoms with Crippen LogP contribution in [-0.2, 0) is 32.2 Å². The van der Waals surface area contributed by atoms with Crippen molar-refractivity contribution < 1.29 is 22.7 Å². The number of aryl methyl sites for hydroxylation is 1. The lowest BCUT2D eigenvalue weighted by atomic mass is 9.96. The summed E-state index contributed by atoms with van der Waals surface area (Å²) in [6.07, 6.45) is 3.62. The van der Waals surface area contributed by atoms with E-state index in [2.05, 4.69) is 0 Å². The molecule has 1 aliphatic heterocycles. The SMILES string of the molecule is CCN(C(=O)[C@@H](C)OC(=O)c1csc2c1CCCC2)[C@@H]1CCS(=O)(=O)C1. The molecule has 2 atom stereocenters. The van der Waals surface area contributed by atoms with E-state index in [4.69, 9.17) is 4.74 Å². The summed E-state index contributed by atoms with van der Waals surface area (Å²) < 4.78 is 28.8. The second kappa shape index (κ2) is 7.68. The molecule has 1 aromatic rings. The zero-order chi connectivity index (χ0) is 18.9. The molecule has 1 saturated heterocycles. The lowest BCUT2D eigenvalue weighted by molar-refractivity contribution is -0.141. The van der Waals surface area contributed by atoms with Gasteiger partial charge in [-0.05, 0) is 51.5 Å². The highest BCUT2D eigenvalue weighted by atomic mass is 32.2. The first-order chi connectivity index (χ1) is 12.3. The van der Waals surface area contributed by atoms with E-state index in [1.165, 1.54) is 9.78 Å². The number of thiophene rings is 1. The molecule has 0 bridgehead atoms. The molecule has 0 radical (unpaired) electrons. The minimum atomic E-state index is -3.08. The van der Waals surface area contributed by atoms with E-state index in [0.717, 1.165) is 31.2 Å². The quantitative estimate of drug-likeness (QED) is 0.709. The predicted molar refractivity (Wildman–Crippen MR) is 100 cm³/mol. The zero-order valence-corrected chi connectivity index (χ0v) is 16.8. The van der Waals surface area contributed by atoms with Crippen LogP contribution in [0.25, 0.3) is 0 Å². The number of likely N-dealkylation sites (N-methyl/N-ethyl adjacent to an activating group) is 1. The lowest BCUT2D eigenvalue weighted by Crippen LogP contribution is -2.46. The third kappa shape index (κ3) is 3.96. The van der Waals surface area contributed by atoms with E-state index in [9.17, 15) is 18.0 Å². The van der Waals surface area contributed by atoms with Crippen molar-refractivity contribution in [1.82, 2.24) is 4.90 Å². The van der Waals surface area contributed by atoms with Gasteiger partial charge in [-0.3, -0.25) is 4.79 Å². The normalized spacial score (nSPS) is 22.5. The van der Waals surface area contributed by atoms with Gasteiger partial charge in [0.05, 0.1) is 17.1 Å². The van der Waals surface area contributed by atoms with Gasteiger partial charge in [-0.15, -0.1) is 11.3 Å². The number of rotatable bonds is 5. The maximum Gasteiger partial charge on any atom is 0.340 e. The summed E-state index contributed by atoms with van der Waals surface area (Å²) in [7, 11) is -3.08. The molecule has 3 rings (SSSR count). The Bertz CT molecular complexity index is 799. The summed E-state index contributed by atoms with van der Waals surface area (Å²) in [5, 5.41) is 1.83. The maximum atomic E-state index is 12.7. The molecule has 1 amide bonds. The Morgan fingerprint density at radius 3 is 2.73 bits per heavy atom. The average Bonchev–Trinajstić information content (AvgIpc) is 3.18. The van der Waals surface area contributed by atoms with Crippen molar-refractivity contribution >= 4 is 33.1 Å².